The zero-order chi connectivity index (χ0) is 10.1. The molecule has 1 aliphatic heterocycles. The highest BCUT2D eigenvalue weighted by Crippen LogP contribution is 2.33. The fourth-order valence-corrected chi connectivity index (χ4v) is 1.80. The van der Waals surface area contributed by atoms with Gasteiger partial charge in [-0.05, 0) is 24.6 Å². The van der Waals surface area contributed by atoms with Crippen LogP contribution in [0.15, 0.2) is 18.2 Å². The maximum absolute atomic E-state index is 9.02. The van der Waals surface area contributed by atoms with Gasteiger partial charge in [0.25, 0.3) is 0 Å². The van der Waals surface area contributed by atoms with Crippen molar-refractivity contribution in [3.63, 3.8) is 0 Å². The van der Waals surface area contributed by atoms with Gasteiger partial charge in [-0.15, -0.1) is 0 Å². The third kappa shape index (κ3) is 1.55. The smallest absolute Gasteiger partial charge is 0.143 e. The number of hydrogen-bond acceptors (Lipinski definition) is 3. The molecular formula is C11H15NO2. The number of fused-ring (bicyclic) bond motifs is 1. The van der Waals surface area contributed by atoms with Crippen molar-refractivity contribution in [1.29, 1.82) is 0 Å². The van der Waals surface area contributed by atoms with Gasteiger partial charge in [0.1, 0.15) is 11.9 Å². The Balaban J connectivity index is 2.39. The van der Waals surface area contributed by atoms with E-state index in [9.17, 15) is 0 Å². The Hall–Kier alpha value is -1.22. The van der Waals surface area contributed by atoms with Crippen molar-refractivity contribution in [2.45, 2.75) is 19.6 Å². The van der Waals surface area contributed by atoms with Crippen LogP contribution < -0.4 is 9.64 Å². The van der Waals surface area contributed by atoms with Crippen LogP contribution in [-0.2, 0) is 6.61 Å². The minimum absolute atomic E-state index is 0.0800. The van der Waals surface area contributed by atoms with Crippen molar-refractivity contribution in [2.24, 2.45) is 0 Å². The van der Waals surface area contributed by atoms with Gasteiger partial charge in [0, 0.05) is 7.05 Å². The van der Waals surface area contributed by atoms with Crippen LogP contribution in [0.25, 0.3) is 0 Å². The lowest BCUT2D eigenvalue weighted by Gasteiger charge is -2.32. The Morgan fingerprint density at radius 1 is 1.57 bits per heavy atom. The van der Waals surface area contributed by atoms with E-state index in [0.29, 0.717) is 0 Å². The minimum Gasteiger partial charge on any atom is -0.487 e. The van der Waals surface area contributed by atoms with Gasteiger partial charge in [-0.1, -0.05) is 6.07 Å². The number of anilines is 1. The van der Waals surface area contributed by atoms with E-state index in [1.807, 2.05) is 25.2 Å². The Bertz CT molecular complexity index is 338. The van der Waals surface area contributed by atoms with Crippen molar-refractivity contribution < 1.29 is 9.84 Å². The lowest BCUT2D eigenvalue weighted by Crippen LogP contribution is -2.35. The molecule has 1 N–H and O–H groups in total. The van der Waals surface area contributed by atoms with Crippen LogP contribution in [0, 0.1) is 0 Å². The van der Waals surface area contributed by atoms with E-state index >= 15 is 0 Å². The lowest BCUT2D eigenvalue weighted by molar-refractivity contribution is 0.215. The molecule has 0 bridgehead atoms. The van der Waals surface area contributed by atoms with Crippen LogP contribution in [-0.4, -0.2) is 24.8 Å². The maximum Gasteiger partial charge on any atom is 0.143 e. The van der Waals surface area contributed by atoms with E-state index in [4.69, 9.17) is 9.84 Å². The third-order valence-corrected chi connectivity index (χ3v) is 2.48. The molecule has 1 heterocycles. The summed E-state index contributed by atoms with van der Waals surface area (Å²) in [6.07, 6.45) is 0.229. The number of hydrogen-bond donors (Lipinski definition) is 1. The summed E-state index contributed by atoms with van der Waals surface area (Å²) >= 11 is 0. The Morgan fingerprint density at radius 3 is 3.07 bits per heavy atom. The summed E-state index contributed by atoms with van der Waals surface area (Å²) in [7, 11) is 2.04. The van der Waals surface area contributed by atoms with Crippen molar-refractivity contribution in [2.75, 3.05) is 18.5 Å². The number of nitrogens with zero attached hydrogens (tertiary/aromatic N) is 1. The first-order valence-electron chi connectivity index (χ1n) is 4.82. The number of likely N-dealkylation sites (N-methyl/N-ethyl adjacent to an activating group) is 1. The molecule has 1 aromatic carbocycles. The van der Waals surface area contributed by atoms with E-state index in [2.05, 4.69) is 11.8 Å². The second-order valence-corrected chi connectivity index (χ2v) is 3.77. The predicted molar refractivity (Wildman–Crippen MR) is 55.7 cm³/mol. The molecule has 1 unspecified atom stereocenters. The van der Waals surface area contributed by atoms with Gasteiger partial charge >= 0.3 is 0 Å². The molecule has 0 amide bonds. The first-order valence-corrected chi connectivity index (χ1v) is 4.82. The third-order valence-electron chi connectivity index (χ3n) is 2.48. The summed E-state index contributed by atoms with van der Waals surface area (Å²) in [5.41, 5.74) is 1.99. The van der Waals surface area contributed by atoms with Gasteiger partial charge in [0.2, 0.25) is 0 Å². The molecule has 3 nitrogen and oxygen atoms in total. The van der Waals surface area contributed by atoms with Crippen molar-refractivity contribution in [3.05, 3.63) is 23.8 Å². The summed E-state index contributed by atoms with van der Waals surface area (Å²) in [5, 5.41) is 9.02. The van der Waals surface area contributed by atoms with E-state index in [0.717, 1.165) is 23.5 Å². The fraction of sp³-hybridized carbons (Fsp3) is 0.455. The van der Waals surface area contributed by atoms with Gasteiger partial charge in [-0.3, -0.25) is 0 Å². The molecule has 76 valence electrons. The van der Waals surface area contributed by atoms with Crippen molar-refractivity contribution in [1.82, 2.24) is 0 Å². The van der Waals surface area contributed by atoms with Crippen LogP contribution in [0.5, 0.6) is 5.75 Å². The van der Waals surface area contributed by atoms with Crippen LogP contribution >= 0.6 is 0 Å². The maximum atomic E-state index is 9.02. The highest BCUT2D eigenvalue weighted by Gasteiger charge is 2.19. The zero-order valence-corrected chi connectivity index (χ0v) is 8.53. The Labute approximate surface area is 83.9 Å². The van der Waals surface area contributed by atoms with Crippen molar-refractivity contribution >= 4 is 5.69 Å². The molecule has 0 fully saturated rings. The normalized spacial score (nSPS) is 20.2. The Kier molecular flexibility index (Phi) is 2.33. The molecule has 3 heteroatoms. The second-order valence-electron chi connectivity index (χ2n) is 3.77. The van der Waals surface area contributed by atoms with Gasteiger partial charge in [0.15, 0.2) is 0 Å². The molecule has 0 saturated heterocycles. The summed E-state index contributed by atoms with van der Waals surface area (Å²) in [4.78, 5) is 2.16. The molecule has 0 radical (unpaired) electrons. The molecule has 0 spiro atoms. The lowest BCUT2D eigenvalue weighted by atomic mass is 10.1. The monoisotopic (exact) mass is 193 g/mol. The molecule has 14 heavy (non-hydrogen) atoms. The molecule has 2 rings (SSSR count). The van der Waals surface area contributed by atoms with E-state index < -0.39 is 0 Å². The number of aliphatic hydroxyl groups excluding tert-OH is 1. The van der Waals surface area contributed by atoms with Crippen LogP contribution in [0.1, 0.15) is 12.5 Å². The highest BCUT2D eigenvalue weighted by molar-refractivity contribution is 5.61. The van der Waals surface area contributed by atoms with Crippen LogP contribution in [0.3, 0.4) is 0 Å². The zero-order valence-electron chi connectivity index (χ0n) is 8.53. The van der Waals surface area contributed by atoms with Crippen LogP contribution in [0.2, 0.25) is 0 Å². The largest absolute Gasteiger partial charge is 0.487 e. The second kappa shape index (κ2) is 3.50. The number of aliphatic hydroxyl groups is 1. The number of benzene rings is 1. The quantitative estimate of drug-likeness (QED) is 0.731. The average molecular weight is 193 g/mol. The van der Waals surface area contributed by atoms with Gasteiger partial charge < -0.3 is 14.7 Å². The summed E-state index contributed by atoms with van der Waals surface area (Å²) in [5.74, 6) is 0.906. The van der Waals surface area contributed by atoms with Crippen molar-refractivity contribution in [3.8, 4) is 5.75 Å². The van der Waals surface area contributed by atoms with Gasteiger partial charge in [-0.25, -0.2) is 0 Å². The van der Waals surface area contributed by atoms with E-state index in [-0.39, 0.29) is 12.7 Å². The van der Waals surface area contributed by atoms with E-state index in [1.54, 1.807) is 0 Å². The molecule has 0 aliphatic carbocycles. The molecule has 0 aromatic heterocycles. The summed E-state index contributed by atoms with van der Waals surface area (Å²) in [6, 6.07) is 5.79. The fourth-order valence-electron chi connectivity index (χ4n) is 1.80. The first-order chi connectivity index (χ1) is 6.70. The number of ether oxygens (including phenoxy) is 1. The molecule has 1 aliphatic rings. The highest BCUT2D eigenvalue weighted by atomic mass is 16.5. The first kappa shape index (κ1) is 9.34. The molecule has 0 saturated carbocycles. The van der Waals surface area contributed by atoms with Gasteiger partial charge in [0.05, 0.1) is 18.8 Å². The predicted octanol–water partition coefficient (Wildman–Crippen LogP) is 1.40. The standard InChI is InChI=1S/C11H15NO2/c1-8-6-12(2)10-5-9(7-13)3-4-11(10)14-8/h3-5,8,13H,6-7H2,1-2H3. The Morgan fingerprint density at radius 2 is 2.36 bits per heavy atom. The van der Waals surface area contributed by atoms with E-state index in [1.165, 1.54) is 0 Å². The summed E-state index contributed by atoms with van der Waals surface area (Å²) in [6.45, 7) is 3.03. The summed E-state index contributed by atoms with van der Waals surface area (Å²) < 4.78 is 5.68. The van der Waals surface area contributed by atoms with Crippen LogP contribution in [0.4, 0.5) is 5.69 Å². The molecule has 1 atom stereocenters. The SMILES string of the molecule is CC1CN(C)c2cc(CO)ccc2O1. The molecule has 1 aromatic rings. The van der Waals surface area contributed by atoms with Gasteiger partial charge in [-0.2, -0.15) is 0 Å². The average Bonchev–Trinajstić information content (AvgIpc) is 2.17. The number of rotatable bonds is 1. The molecular weight excluding hydrogens is 178 g/mol. The minimum atomic E-state index is 0.0800. The topological polar surface area (TPSA) is 32.7 Å².